The molecule has 0 aliphatic heterocycles. The number of nitrogens with zero attached hydrogens (tertiary/aromatic N) is 2. The molecule has 2 rings (SSSR count). The summed E-state index contributed by atoms with van der Waals surface area (Å²) in [4.78, 5) is 18.9. The highest BCUT2D eigenvalue weighted by Crippen LogP contribution is 2.15. The average Bonchev–Trinajstić information content (AvgIpc) is 3.02. The number of carbonyl (C=O) groups is 1. The van der Waals surface area contributed by atoms with E-state index in [0.717, 1.165) is 30.3 Å². The SMILES string of the molecule is CCN(CC)Cc1cccc(NC(=O)c2csc(CCN)n2)c1.Cl.Cl. The summed E-state index contributed by atoms with van der Waals surface area (Å²) in [6, 6.07) is 7.96. The van der Waals surface area contributed by atoms with Gasteiger partial charge in [0.1, 0.15) is 5.69 Å². The Morgan fingerprint density at radius 3 is 2.64 bits per heavy atom. The van der Waals surface area contributed by atoms with Crippen molar-refractivity contribution in [2.75, 3.05) is 25.0 Å². The van der Waals surface area contributed by atoms with Crippen molar-refractivity contribution < 1.29 is 4.79 Å². The van der Waals surface area contributed by atoms with Crippen LogP contribution < -0.4 is 11.1 Å². The first-order chi connectivity index (χ1) is 11.2. The van der Waals surface area contributed by atoms with E-state index in [9.17, 15) is 4.79 Å². The van der Waals surface area contributed by atoms with Gasteiger partial charge in [-0.25, -0.2) is 4.98 Å². The van der Waals surface area contributed by atoms with Crippen molar-refractivity contribution in [2.45, 2.75) is 26.8 Å². The summed E-state index contributed by atoms with van der Waals surface area (Å²) >= 11 is 1.47. The Hall–Kier alpha value is -1.18. The lowest BCUT2D eigenvalue weighted by Gasteiger charge is -2.18. The molecule has 3 N–H and O–H groups in total. The van der Waals surface area contributed by atoms with Gasteiger partial charge in [-0.1, -0.05) is 26.0 Å². The maximum Gasteiger partial charge on any atom is 0.275 e. The number of hydrogen-bond donors (Lipinski definition) is 2. The Morgan fingerprint density at radius 1 is 1.28 bits per heavy atom. The number of rotatable bonds is 8. The van der Waals surface area contributed by atoms with Crippen LogP contribution in [0.5, 0.6) is 0 Å². The summed E-state index contributed by atoms with van der Waals surface area (Å²) in [5.41, 5.74) is 7.95. The predicted octanol–water partition coefficient (Wildman–Crippen LogP) is 3.58. The van der Waals surface area contributed by atoms with E-state index in [1.54, 1.807) is 5.38 Å². The fourth-order valence-corrected chi connectivity index (χ4v) is 3.10. The largest absolute Gasteiger partial charge is 0.330 e. The summed E-state index contributed by atoms with van der Waals surface area (Å²) in [6.45, 7) is 7.74. The number of thiazole rings is 1. The third kappa shape index (κ3) is 7.30. The second-order valence-electron chi connectivity index (χ2n) is 5.28. The Labute approximate surface area is 165 Å². The highest BCUT2D eigenvalue weighted by atomic mass is 35.5. The lowest BCUT2D eigenvalue weighted by molar-refractivity contribution is 0.102. The van der Waals surface area contributed by atoms with Gasteiger partial charge in [-0.3, -0.25) is 9.69 Å². The van der Waals surface area contributed by atoms with Crippen molar-refractivity contribution in [1.82, 2.24) is 9.88 Å². The van der Waals surface area contributed by atoms with E-state index in [-0.39, 0.29) is 30.7 Å². The first-order valence-corrected chi connectivity index (χ1v) is 8.81. The highest BCUT2D eigenvalue weighted by Gasteiger charge is 2.11. The standard InChI is InChI=1S/C17H24N4OS.2ClH/c1-3-21(4-2)11-13-6-5-7-14(10-13)19-17(22)15-12-23-16(20-15)8-9-18;;/h5-7,10,12H,3-4,8-9,11,18H2,1-2H3,(H,19,22);2*1H. The van der Waals surface area contributed by atoms with Crippen LogP contribution in [0.4, 0.5) is 5.69 Å². The monoisotopic (exact) mass is 404 g/mol. The fraction of sp³-hybridized carbons (Fsp3) is 0.412. The Morgan fingerprint density at radius 2 is 2.00 bits per heavy atom. The van der Waals surface area contributed by atoms with E-state index < -0.39 is 0 Å². The second kappa shape index (κ2) is 12.2. The van der Waals surface area contributed by atoms with Gasteiger partial charge in [0.25, 0.3) is 5.91 Å². The number of halogens is 2. The van der Waals surface area contributed by atoms with E-state index in [4.69, 9.17) is 5.73 Å². The number of aromatic nitrogens is 1. The minimum Gasteiger partial charge on any atom is -0.330 e. The number of nitrogens with one attached hydrogen (secondary N) is 1. The van der Waals surface area contributed by atoms with Crippen LogP contribution in [0.1, 0.15) is 34.9 Å². The maximum absolute atomic E-state index is 12.3. The van der Waals surface area contributed by atoms with Gasteiger partial charge in [-0.2, -0.15) is 0 Å². The van der Waals surface area contributed by atoms with Gasteiger partial charge in [0.05, 0.1) is 5.01 Å². The van der Waals surface area contributed by atoms with E-state index in [1.807, 2.05) is 18.2 Å². The number of nitrogens with two attached hydrogens (primary N) is 1. The van der Waals surface area contributed by atoms with Gasteiger partial charge >= 0.3 is 0 Å². The molecule has 0 aliphatic carbocycles. The van der Waals surface area contributed by atoms with Crippen LogP contribution in [0.25, 0.3) is 0 Å². The van der Waals surface area contributed by atoms with Gasteiger partial charge in [-0.05, 0) is 37.3 Å². The summed E-state index contributed by atoms with van der Waals surface area (Å²) in [5.74, 6) is -0.176. The first-order valence-electron chi connectivity index (χ1n) is 7.93. The molecular weight excluding hydrogens is 379 g/mol. The number of carbonyl (C=O) groups excluding carboxylic acids is 1. The number of amides is 1. The average molecular weight is 405 g/mol. The second-order valence-corrected chi connectivity index (χ2v) is 6.22. The first kappa shape index (κ1) is 23.8. The molecule has 0 saturated heterocycles. The van der Waals surface area contributed by atoms with Gasteiger partial charge in [-0.15, -0.1) is 36.2 Å². The maximum atomic E-state index is 12.3. The Balaban J connectivity index is 0.00000288. The molecule has 5 nitrogen and oxygen atoms in total. The van der Waals surface area contributed by atoms with Crippen molar-refractivity contribution in [3.05, 3.63) is 45.9 Å². The molecule has 1 aromatic heterocycles. The van der Waals surface area contributed by atoms with E-state index in [2.05, 4.69) is 35.1 Å². The lowest BCUT2D eigenvalue weighted by Crippen LogP contribution is -2.22. The fourth-order valence-electron chi connectivity index (χ4n) is 2.30. The summed E-state index contributed by atoms with van der Waals surface area (Å²) in [5, 5.41) is 5.59. The zero-order valence-electron chi connectivity index (χ0n) is 14.5. The topological polar surface area (TPSA) is 71.2 Å². The number of benzene rings is 1. The van der Waals surface area contributed by atoms with Crippen molar-refractivity contribution in [3.63, 3.8) is 0 Å². The third-order valence-electron chi connectivity index (χ3n) is 3.63. The van der Waals surface area contributed by atoms with Gasteiger partial charge < -0.3 is 11.1 Å². The van der Waals surface area contributed by atoms with Crippen LogP contribution in [0.3, 0.4) is 0 Å². The predicted molar refractivity (Wildman–Crippen MR) is 110 cm³/mol. The lowest BCUT2D eigenvalue weighted by atomic mass is 10.2. The molecule has 1 amide bonds. The Bertz CT molecular complexity index is 647. The molecule has 0 bridgehead atoms. The van der Waals surface area contributed by atoms with Gasteiger partial charge in [0.2, 0.25) is 0 Å². The summed E-state index contributed by atoms with van der Waals surface area (Å²) < 4.78 is 0. The minimum atomic E-state index is -0.176. The van der Waals surface area contributed by atoms with Crippen LogP contribution >= 0.6 is 36.2 Å². The van der Waals surface area contributed by atoms with Gasteiger partial charge in [0.15, 0.2) is 0 Å². The zero-order chi connectivity index (χ0) is 16.7. The third-order valence-corrected chi connectivity index (χ3v) is 4.54. The van der Waals surface area contributed by atoms with Gasteiger partial charge in [0, 0.05) is 24.0 Å². The molecule has 0 saturated carbocycles. The smallest absolute Gasteiger partial charge is 0.275 e. The molecule has 1 aromatic carbocycles. The molecule has 0 atom stereocenters. The van der Waals surface area contributed by atoms with E-state index in [0.29, 0.717) is 18.7 Å². The van der Waals surface area contributed by atoms with Crippen LogP contribution in [-0.4, -0.2) is 35.4 Å². The van der Waals surface area contributed by atoms with Crippen molar-refractivity contribution >= 4 is 47.7 Å². The molecule has 0 fully saturated rings. The molecule has 0 aliphatic rings. The molecule has 0 radical (unpaired) electrons. The molecule has 2 aromatic rings. The quantitative estimate of drug-likeness (QED) is 0.704. The summed E-state index contributed by atoms with van der Waals surface area (Å²) in [6.07, 6.45) is 0.706. The van der Waals surface area contributed by atoms with Crippen molar-refractivity contribution in [1.29, 1.82) is 0 Å². The highest BCUT2D eigenvalue weighted by molar-refractivity contribution is 7.09. The van der Waals surface area contributed by atoms with Crippen LogP contribution in [-0.2, 0) is 13.0 Å². The number of hydrogen-bond acceptors (Lipinski definition) is 5. The van der Waals surface area contributed by atoms with Crippen molar-refractivity contribution in [2.24, 2.45) is 5.73 Å². The minimum absolute atomic E-state index is 0. The molecule has 140 valence electrons. The summed E-state index contributed by atoms with van der Waals surface area (Å²) in [7, 11) is 0. The van der Waals surface area contributed by atoms with Crippen LogP contribution in [0.2, 0.25) is 0 Å². The zero-order valence-corrected chi connectivity index (χ0v) is 17.0. The van der Waals surface area contributed by atoms with E-state index in [1.165, 1.54) is 16.9 Å². The Kier molecular flexibility index (Phi) is 11.6. The molecule has 25 heavy (non-hydrogen) atoms. The molecular formula is C17H26Cl2N4OS. The van der Waals surface area contributed by atoms with Crippen LogP contribution in [0, 0.1) is 0 Å². The number of anilines is 1. The molecule has 0 unspecified atom stereocenters. The molecule has 1 heterocycles. The molecule has 8 heteroatoms. The normalized spacial score (nSPS) is 10.1. The van der Waals surface area contributed by atoms with E-state index >= 15 is 0 Å². The van der Waals surface area contributed by atoms with Crippen molar-refractivity contribution in [3.8, 4) is 0 Å². The van der Waals surface area contributed by atoms with Crippen LogP contribution in [0.15, 0.2) is 29.6 Å². The molecule has 0 spiro atoms.